The summed E-state index contributed by atoms with van der Waals surface area (Å²) in [6, 6.07) is 0.549. The topological polar surface area (TPSA) is 90.0 Å². The van der Waals surface area contributed by atoms with E-state index in [4.69, 9.17) is 17.3 Å². The SMILES string of the molecule is NC(=O)Nc1nc(=O)ccn1CCCCl. The van der Waals surface area contributed by atoms with Crippen LogP contribution < -0.4 is 16.6 Å². The number of halogens is 1. The van der Waals surface area contributed by atoms with Crippen molar-refractivity contribution < 1.29 is 4.79 Å². The number of carbonyl (C=O) groups is 1. The van der Waals surface area contributed by atoms with E-state index in [0.29, 0.717) is 18.8 Å². The maximum atomic E-state index is 11.0. The van der Waals surface area contributed by atoms with E-state index >= 15 is 0 Å². The van der Waals surface area contributed by atoms with Gasteiger partial charge in [0.1, 0.15) is 0 Å². The van der Waals surface area contributed by atoms with E-state index in [2.05, 4.69) is 10.3 Å². The first kappa shape index (κ1) is 11.5. The third-order valence-electron chi connectivity index (χ3n) is 1.65. The second-order valence-electron chi connectivity index (χ2n) is 2.81. The molecular formula is C8H11ClN4O2. The third kappa shape index (κ3) is 3.59. The Labute approximate surface area is 91.1 Å². The molecule has 1 aromatic rings. The van der Waals surface area contributed by atoms with Crippen molar-refractivity contribution in [3.8, 4) is 0 Å². The molecule has 82 valence electrons. The fraction of sp³-hybridized carbons (Fsp3) is 0.375. The standard InChI is InChI=1S/C8H11ClN4O2/c9-3-1-4-13-5-2-6(14)11-8(13)12-7(10)15/h2,5H,1,3-4H2,(H3,10,11,12,14,15). The largest absolute Gasteiger partial charge is 0.351 e. The van der Waals surface area contributed by atoms with Gasteiger partial charge in [-0.15, -0.1) is 11.6 Å². The molecule has 0 spiro atoms. The molecule has 0 unspecified atom stereocenters. The van der Waals surface area contributed by atoms with Crippen molar-refractivity contribution in [1.82, 2.24) is 9.55 Å². The zero-order chi connectivity index (χ0) is 11.3. The first-order valence-corrected chi connectivity index (χ1v) is 4.87. The smallest absolute Gasteiger partial charge is 0.318 e. The van der Waals surface area contributed by atoms with Crippen LogP contribution in [-0.2, 0) is 6.54 Å². The average molecular weight is 231 g/mol. The summed E-state index contributed by atoms with van der Waals surface area (Å²) in [5, 5.41) is 2.27. The van der Waals surface area contributed by atoms with E-state index in [1.165, 1.54) is 12.3 Å². The number of nitrogens with one attached hydrogen (secondary N) is 1. The summed E-state index contributed by atoms with van der Waals surface area (Å²) in [7, 11) is 0. The molecule has 0 aromatic carbocycles. The van der Waals surface area contributed by atoms with E-state index < -0.39 is 11.6 Å². The highest BCUT2D eigenvalue weighted by Gasteiger charge is 2.04. The summed E-state index contributed by atoms with van der Waals surface area (Å²) >= 11 is 5.53. The Morgan fingerprint density at radius 3 is 3.00 bits per heavy atom. The number of aryl methyl sites for hydroxylation is 1. The molecule has 1 heterocycles. The van der Waals surface area contributed by atoms with Crippen LogP contribution in [0.15, 0.2) is 17.1 Å². The van der Waals surface area contributed by atoms with Gasteiger partial charge in [0.05, 0.1) is 0 Å². The molecule has 0 radical (unpaired) electrons. The number of hydrogen-bond donors (Lipinski definition) is 2. The summed E-state index contributed by atoms with van der Waals surface area (Å²) in [6.07, 6.45) is 2.24. The predicted octanol–water partition coefficient (Wildman–Crippen LogP) is 0.363. The summed E-state index contributed by atoms with van der Waals surface area (Å²) in [5.41, 5.74) is 4.51. The minimum absolute atomic E-state index is 0.139. The van der Waals surface area contributed by atoms with Crippen LogP contribution in [-0.4, -0.2) is 21.5 Å². The first-order chi connectivity index (χ1) is 7.13. The lowest BCUT2D eigenvalue weighted by Gasteiger charge is -2.10. The lowest BCUT2D eigenvalue weighted by Crippen LogP contribution is -2.25. The normalized spacial score (nSPS) is 9.93. The molecule has 0 aliphatic carbocycles. The zero-order valence-electron chi connectivity index (χ0n) is 7.94. The third-order valence-corrected chi connectivity index (χ3v) is 1.92. The number of anilines is 1. The summed E-state index contributed by atoms with van der Waals surface area (Å²) in [5.74, 6) is 0.627. The molecule has 6 nitrogen and oxygen atoms in total. The number of rotatable bonds is 4. The maximum absolute atomic E-state index is 11.0. The van der Waals surface area contributed by atoms with Crippen molar-refractivity contribution in [2.75, 3.05) is 11.2 Å². The number of carbonyl (C=O) groups excluding carboxylic acids is 1. The van der Waals surface area contributed by atoms with Crippen molar-refractivity contribution in [3.05, 3.63) is 22.6 Å². The fourth-order valence-electron chi connectivity index (χ4n) is 1.05. The van der Waals surface area contributed by atoms with Crippen LogP contribution in [0.4, 0.5) is 10.7 Å². The monoisotopic (exact) mass is 230 g/mol. The van der Waals surface area contributed by atoms with Gasteiger partial charge < -0.3 is 10.3 Å². The first-order valence-electron chi connectivity index (χ1n) is 4.33. The van der Waals surface area contributed by atoms with Crippen LogP contribution in [0.25, 0.3) is 0 Å². The van der Waals surface area contributed by atoms with E-state index in [1.54, 1.807) is 4.57 Å². The van der Waals surface area contributed by atoms with Crippen molar-refractivity contribution in [1.29, 1.82) is 0 Å². The number of hydrogen-bond acceptors (Lipinski definition) is 3. The summed E-state index contributed by atoms with van der Waals surface area (Å²) in [4.78, 5) is 25.2. The minimum atomic E-state index is -0.757. The molecule has 15 heavy (non-hydrogen) atoms. The Balaban J connectivity index is 2.92. The van der Waals surface area contributed by atoms with E-state index in [9.17, 15) is 9.59 Å². The highest BCUT2D eigenvalue weighted by atomic mass is 35.5. The van der Waals surface area contributed by atoms with Gasteiger partial charge in [0, 0.05) is 24.7 Å². The average Bonchev–Trinajstić information content (AvgIpc) is 2.16. The van der Waals surface area contributed by atoms with Gasteiger partial charge in [-0.3, -0.25) is 10.1 Å². The van der Waals surface area contributed by atoms with Crippen LogP contribution in [0.5, 0.6) is 0 Å². The highest BCUT2D eigenvalue weighted by Crippen LogP contribution is 2.02. The van der Waals surface area contributed by atoms with Crippen molar-refractivity contribution in [2.24, 2.45) is 5.73 Å². The number of aromatic nitrogens is 2. The van der Waals surface area contributed by atoms with Crippen LogP contribution in [0.1, 0.15) is 6.42 Å². The number of urea groups is 1. The molecule has 0 bridgehead atoms. The highest BCUT2D eigenvalue weighted by molar-refractivity contribution is 6.17. The van der Waals surface area contributed by atoms with Gasteiger partial charge in [0.25, 0.3) is 5.56 Å². The lowest BCUT2D eigenvalue weighted by molar-refractivity contribution is 0.259. The predicted molar refractivity (Wildman–Crippen MR) is 57.0 cm³/mol. The van der Waals surface area contributed by atoms with Gasteiger partial charge in [-0.05, 0) is 6.42 Å². The Hall–Kier alpha value is -1.56. The van der Waals surface area contributed by atoms with Crippen LogP contribution >= 0.6 is 11.6 Å². The lowest BCUT2D eigenvalue weighted by atomic mass is 10.4. The molecule has 3 N–H and O–H groups in total. The molecule has 0 fully saturated rings. The molecule has 1 aromatic heterocycles. The van der Waals surface area contributed by atoms with E-state index in [1.807, 2.05) is 0 Å². The number of nitrogens with zero attached hydrogens (tertiary/aromatic N) is 2. The Morgan fingerprint density at radius 1 is 1.67 bits per heavy atom. The van der Waals surface area contributed by atoms with Crippen LogP contribution in [0, 0.1) is 0 Å². The molecule has 0 aliphatic rings. The summed E-state index contributed by atoms with van der Waals surface area (Å²) in [6.45, 7) is 0.562. The number of nitrogens with two attached hydrogens (primary N) is 1. The van der Waals surface area contributed by atoms with Crippen LogP contribution in [0.3, 0.4) is 0 Å². The van der Waals surface area contributed by atoms with Gasteiger partial charge in [0.15, 0.2) is 0 Å². The molecule has 7 heteroatoms. The van der Waals surface area contributed by atoms with Gasteiger partial charge in [-0.25, -0.2) is 4.79 Å². The van der Waals surface area contributed by atoms with Gasteiger partial charge in [-0.2, -0.15) is 4.98 Å². The van der Waals surface area contributed by atoms with Crippen LogP contribution in [0.2, 0.25) is 0 Å². The fourth-order valence-corrected chi connectivity index (χ4v) is 1.17. The van der Waals surface area contributed by atoms with Crippen molar-refractivity contribution in [2.45, 2.75) is 13.0 Å². The molecule has 0 saturated heterocycles. The second kappa shape index (κ2) is 5.35. The van der Waals surface area contributed by atoms with Crippen molar-refractivity contribution >= 4 is 23.6 Å². The van der Waals surface area contributed by atoms with E-state index in [-0.39, 0.29) is 5.95 Å². The number of amides is 2. The number of primary amides is 1. The Morgan fingerprint density at radius 2 is 2.40 bits per heavy atom. The zero-order valence-corrected chi connectivity index (χ0v) is 8.70. The van der Waals surface area contributed by atoms with E-state index in [0.717, 1.165) is 0 Å². The second-order valence-corrected chi connectivity index (χ2v) is 3.19. The Bertz CT molecular complexity index is 404. The van der Waals surface area contributed by atoms with Gasteiger partial charge in [0.2, 0.25) is 5.95 Å². The maximum Gasteiger partial charge on any atom is 0.318 e. The van der Waals surface area contributed by atoms with Gasteiger partial charge in [-0.1, -0.05) is 0 Å². The van der Waals surface area contributed by atoms with Gasteiger partial charge >= 0.3 is 6.03 Å². The molecule has 2 amide bonds. The quantitative estimate of drug-likeness (QED) is 0.732. The molecular weight excluding hydrogens is 220 g/mol. The van der Waals surface area contributed by atoms with Crippen molar-refractivity contribution in [3.63, 3.8) is 0 Å². The minimum Gasteiger partial charge on any atom is -0.351 e. The molecule has 0 aliphatic heterocycles. The molecule has 0 saturated carbocycles. The summed E-state index contributed by atoms with van der Waals surface area (Å²) < 4.78 is 1.61. The Kier molecular flexibility index (Phi) is 4.11. The molecule has 1 rings (SSSR count). The molecule has 0 atom stereocenters. The number of alkyl halides is 1.